The molecule has 118 valence electrons. The van der Waals surface area contributed by atoms with Crippen LogP contribution in [0.5, 0.6) is 5.75 Å². The number of anilines is 1. The van der Waals surface area contributed by atoms with Gasteiger partial charge in [-0.1, -0.05) is 41.3 Å². The lowest BCUT2D eigenvalue weighted by molar-refractivity contribution is -0.274. The van der Waals surface area contributed by atoms with E-state index in [4.69, 9.17) is 0 Å². The van der Waals surface area contributed by atoms with Gasteiger partial charge >= 0.3 is 6.36 Å². The summed E-state index contributed by atoms with van der Waals surface area (Å²) in [5, 5.41) is 11.7. The third kappa shape index (κ3) is 5.57. The predicted molar refractivity (Wildman–Crippen MR) is 81.3 cm³/mol. The molecule has 2 aromatic rings. The highest BCUT2D eigenvalue weighted by molar-refractivity contribution is 8.00. The van der Waals surface area contributed by atoms with Gasteiger partial charge in [0.05, 0.1) is 0 Å². The summed E-state index contributed by atoms with van der Waals surface area (Å²) in [6.45, 7) is 4.21. The molecule has 0 saturated heterocycles. The van der Waals surface area contributed by atoms with E-state index in [1.807, 2.05) is 0 Å². The maximum Gasteiger partial charge on any atom is 0.573 e. The first-order valence-electron chi connectivity index (χ1n) is 6.12. The van der Waals surface area contributed by atoms with E-state index in [9.17, 15) is 13.2 Å². The molecule has 1 aromatic carbocycles. The Morgan fingerprint density at radius 1 is 1.27 bits per heavy atom. The van der Waals surface area contributed by atoms with Crippen molar-refractivity contribution in [3.63, 3.8) is 0 Å². The van der Waals surface area contributed by atoms with Crippen molar-refractivity contribution in [2.75, 3.05) is 11.9 Å². The van der Waals surface area contributed by atoms with Crippen LogP contribution < -0.4 is 10.1 Å². The summed E-state index contributed by atoms with van der Waals surface area (Å²) < 4.78 is 40.7. The number of nitrogens with one attached hydrogen (secondary N) is 1. The Bertz CT molecular complexity index is 614. The quantitative estimate of drug-likeness (QED) is 0.597. The lowest BCUT2D eigenvalue weighted by atomic mass is 10.2. The molecule has 2 rings (SSSR count). The molecular weight excluding hydrogens is 335 g/mol. The Balaban J connectivity index is 1.86. The Morgan fingerprint density at radius 3 is 2.64 bits per heavy atom. The standard InChI is InChI=1S/C13H12F3N3OS2/c1-2-7-17-11-18-19-12(22-11)21-8-9-3-5-10(6-4-9)20-13(14,15)16/h2-6H,1,7-8H2,(H,17,18). The van der Waals surface area contributed by atoms with Crippen molar-refractivity contribution in [2.45, 2.75) is 16.5 Å². The molecule has 0 aliphatic carbocycles. The van der Waals surface area contributed by atoms with Gasteiger partial charge in [-0.25, -0.2) is 0 Å². The molecule has 4 nitrogen and oxygen atoms in total. The van der Waals surface area contributed by atoms with E-state index in [1.165, 1.54) is 35.2 Å². The second kappa shape index (κ2) is 7.50. The number of rotatable bonds is 7. The summed E-state index contributed by atoms with van der Waals surface area (Å²) in [6, 6.07) is 5.76. The van der Waals surface area contributed by atoms with Gasteiger partial charge in [0.2, 0.25) is 5.13 Å². The number of nitrogens with zero attached hydrogens (tertiary/aromatic N) is 2. The predicted octanol–water partition coefficient (Wildman–Crippen LogP) is 4.33. The first kappa shape index (κ1) is 16.6. The average Bonchev–Trinajstić information content (AvgIpc) is 2.91. The zero-order chi connectivity index (χ0) is 16.0. The fourth-order valence-electron chi connectivity index (χ4n) is 1.43. The minimum absolute atomic E-state index is 0.229. The van der Waals surface area contributed by atoms with Crippen LogP contribution in [0.2, 0.25) is 0 Å². The monoisotopic (exact) mass is 347 g/mol. The van der Waals surface area contributed by atoms with Gasteiger partial charge < -0.3 is 10.1 Å². The number of aromatic nitrogens is 2. The highest BCUT2D eigenvalue weighted by Crippen LogP contribution is 2.29. The summed E-state index contributed by atoms with van der Waals surface area (Å²) >= 11 is 2.87. The van der Waals surface area contributed by atoms with Crippen LogP contribution in [-0.4, -0.2) is 23.1 Å². The molecule has 0 amide bonds. The number of halogens is 3. The van der Waals surface area contributed by atoms with Crippen LogP contribution >= 0.6 is 23.1 Å². The van der Waals surface area contributed by atoms with Crippen molar-refractivity contribution in [3.8, 4) is 5.75 Å². The van der Waals surface area contributed by atoms with Crippen LogP contribution in [0.3, 0.4) is 0 Å². The molecule has 0 atom stereocenters. The fourth-order valence-corrected chi connectivity index (χ4v) is 3.15. The molecule has 9 heteroatoms. The molecule has 0 saturated carbocycles. The lowest BCUT2D eigenvalue weighted by Crippen LogP contribution is -2.16. The third-order valence-electron chi connectivity index (χ3n) is 2.32. The minimum Gasteiger partial charge on any atom is -0.406 e. The van der Waals surface area contributed by atoms with E-state index in [1.54, 1.807) is 18.2 Å². The molecule has 0 aliphatic heterocycles. The lowest BCUT2D eigenvalue weighted by Gasteiger charge is -2.08. The largest absolute Gasteiger partial charge is 0.573 e. The normalized spacial score (nSPS) is 11.2. The Labute approximate surface area is 133 Å². The van der Waals surface area contributed by atoms with Gasteiger partial charge in [0.15, 0.2) is 4.34 Å². The zero-order valence-electron chi connectivity index (χ0n) is 11.3. The van der Waals surface area contributed by atoms with Crippen molar-refractivity contribution >= 4 is 28.2 Å². The van der Waals surface area contributed by atoms with Gasteiger partial charge in [-0.05, 0) is 17.7 Å². The number of ether oxygens (including phenoxy) is 1. The van der Waals surface area contributed by atoms with Crippen molar-refractivity contribution in [1.82, 2.24) is 10.2 Å². The van der Waals surface area contributed by atoms with Crippen molar-refractivity contribution in [1.29, 1.82) is 0 Å². The number of hydrogen-bond donors (Lipinski definition) is 1. The summed E-state index contributed by atoms with van der Waals surface area (Å²) in [5.41, 5.74) is 0.871. The van der Waals surface area contributed by atoms with E-state index in [-0.39, 0.29) is 5.75 Å². The van der Waals surface area contributed by atoms with Gasteiger partial charge in [-0.15, -0.1) is 29.9 Å². The van der Waals surface area contributed by atoms with E-state index in [0.717, 1.165) is 9.90 Å². The number of hydrogen-bond acceptors (Lipinski definition) is 6. The second-order valence-corrected chi connectivity index (χ2v) is 6.22. The maximum atomic E-state index is 12.0. The topological polar surface area (TPSA) is 47.0 Å². The minimum atomic E-state index is -4.67. The van der Waals surface area contributed by atoms with Gasteiger partial charge in [0.1, 0.15) is 5.75 Å². The Kier molecular flexibility index (Phi) is 5.67. The second-order valence-electron chi connectivity index (χ2n) is 4.02. The Morgan fingerprint density at radius 2 is 2.00 bits per heavy atom. The van der Waals surface area contributed by atoms with Crippen LogP contribution in [-0.2, 0) is 5.75 Å². The van der Waals surface area contributed by atoms with Gasteiger partial charge in [-0.2, -0.15) is 0 Å². The third-order valence-corrected chi connectivity index (χ3v) is 4.41. The molecule has 1 N–H and O–H groups in total. The number of thioether (sulfide) groups is 1. The van der Waals surface area contributed by atoms with E-state index in [2.05, 4.69) is 26.8 Å². The van der Waals surface area contributed by atoms with Crippen LogP contribution in [0.1, 0.15) is 5.56 Å². The first-order valence-corrected chi connectivity index (χ1v) is 7.92. The average molecular weight is 347 g/mol. The summed E-state index contributed by atoms with van der Waals surface area (Å²) in [7, 11) is 0. The molecular formula is C13H12F3N3OS2. The smallest absolute Gasteiger partial charge is 0.406 e. The fraction of sp³-hybridized carbons (Fsp3) is 0.231. The molecule has 0 aliphatic rings. The van der Waals surface area contributed by atoms with Crippen molar-refractivity contribution in [2.24, 2.45) is 0 Å². The molecule has 0 bridgehead atoms. The van der Waals surface area contributed by atoms with Crippen LogP contribution in [0, 0.1) is 0 Å². The summed E-state index contributed by atoms with van der Waals surface area (Å²) in [5.74, 6) is 0.357. The number of alkyl halides is 3. The molecule has 0 unspecified atom stereocenters. The summed E-state index contributed by atoms with van der Waals surface area (Å²) in [4.78, 5) is 0. The van der Waals surface area contributed by atoms with Gasteiger partial charge in [0.25, 0.3) is 0 Å². The summed E-state index contributed by atoms with van der Waals surface area (Å²) in [6.07, 6.45) is -2.95. The van der Waals surface area contributed by atoms with Crippen LogP contribution in [0.4, 0.5) is 18.3 Å². The SMILES string of the molecule is C=CCNc1nnc(SCc2ccc(OC(F)(F)F)cc2)s1. The Hall–Kier alpha value is -1.74. The molecule has 1 heterocycles. The maximum absolute atomic E-state index is 12.0. The zero-order valence-corrected chi connectivity index (χ0v) is 12.9. The van der Waals surface area contributed by atoms with Crippen molar-refractivity contribution in [3.05, 3.63) is 42.5 Å². The van der Waals surface area contributed by atoms with E-state index in [0.29, 0.717) is 17.4 Å². The first-order chi connectivity index (χ1) is 10.5. The molecule has 0 spiro atoms. The molecule has 22 heavy (non-hydrogen) atoms. The molecule has 0 radical (unpaired) electrons. The number of benzene rings is 1. The van der Waals surface area contributed by atoms with Gasteiger partial charge in [-0.3, -0.25) is 0 Å². The van der Waals surface area contributed by atoms with Crippen molar-refractivity contribution < 1.29 is 17.9 Å². The van der Waals surface area contributed by atoms with E-state index < -0.39 is 6.36 Å². The highest BCUT2D eigenvalue weighted by atomic mass is 32.2. The van der Waals surface area contributed by atoms with Gasteiger partial charge in [0, 0.05) is 12.3 Å². The van der Waals surface area contributed by atoms with Crippen LogP contribution in [0.25, 0.3) is 0 Å². The molecule has 0 fully saturated rings. The van der Waals surface area contributed by atoms with Crippen LogP contribution in [0.15, 0.2) is 41.3 Å². The molecule has 1 aromatic heterocycles. The van der Waals surface area contributed by atoms with E-state index >= 15 is 0 Å². The highest BCUT2D eigenvalue weighted by Gasteiger charge is 2.30.